The zero-order valence-electron chi connectivity index (χ0n) is 22.3. The summed E-state index contributed by atoms with van der Waals surface area (Å²) >= 11 is 0. The van der Waals surface area contributed by atoms with Gasteiger partial charge in [0, 0.05) is 49.1 Å². The van der Waals surface area contributed by atoms with Gasteiger partial charge in [-0.2, -0.15) is 0 Å². The number of hydrogen-bond acceptors (Lipinski definition) is 6. The molecule has 1 saturated heterocycles. The Morgan fingerprint density at radius 1 is 1.18 bits per heavy atom. The van der Waals surface area contributed by atoms with Crippen LogP contribution in [0, 0.1) is 12.8 Å². The molecule has 2 bridgehead atoms. The van der Waals surface area contributed by atoms with Crippen LogP contribution in [0.3, 0.4) is 0 Å². The summed E-state index contributed by atoms with van der Waals surface area (Å²) in [4.78, 5) is 17.9. The van der Waals surface area contributed by atoms with Crippen molar-refractivity contribution in [3.05, 3.63) is 81.3 Å². The average Bonchev–Trinajstić information content (AvgIpc) is 3.36. The van der Waals surface area contributed by atoms with Gasteiger partial charge in [0.05, 0.1) is 11.4 Å². The topological polar surface area (TPSA) is 83.1 Å². The first-order valence-corrected chi connectivity index (χ1v) is 13.4. The minimum absolute atomic E-state index is 0.102. The summed E-state index contributed by atoms with van der Waals surface area (Å²) in [7, 11) is 5.96. The molecule has 38 heavy (non-hydrogen) atoms. The summed E-state index contributed by atoms with van der Waals surface area (Å²) in [6.07, 6.45) is 4.70. The zero-order valence-corrected chi connectivity index (χ0v) is 22.3. The highest BCUT2D eigenvalue weighted by Crippen LogP contribution is 2.63. The number of aliphatic hydroxyl groups excluding tert-OH is 1. The van der Waals surface area contributed by atoms with Crippen molar-refractivity contribution in [2.24, 2.45) is 13.0 Å². The quantitative estimate of drug-likeness (QED) is 0.521. The van der Waals surface area contributed by atoms with Gasteiger partial charge in [-0.15, -0.1) is 0 Å². The number of likely N-dealkylation sites (N-methyl/N-ethyl adjacent to an activating group) is 1. The van der Waals surface area contributed by atoms with Crippen molar-refractivity contribution in [3.8, 4) is 17.2 Å². The molecule has 8 nitrogen and oxygen atoms in total. The normalized spacial score (nSPS) is 28.8. The summed E-state index contributed by atoms with van der Waals surface area (Å²) in [5.41, 5.74) is 4.83. The van der Waals surface area contributed by atoms with E-state index in [2.05, 4.69) is 24.1 Å². The van der Waals surface area contributed by atoms with Crippen molar-refractivity contribution in [1.82, 2.24) is 14.3 Å². The number of ether oxygens (including phenoxy) is 1. The van der Waals surface area contributed by atoms with Crippen LogP contribution in [0.1, 0.15) is 28.8 Å². The molecule has 0 radical (unpaired) electrons. The number of aliphatic hydroxyl groups is 1. The molecule has 198 valence electrons. The van der Waals surface area contributed by atoms with Crippen molar-refractivity contribution in [1.29, 1.82) is 0 Å². The van der Waals surface area contributed by atoms with Crippen LogP contribution < -0.4 is 15.2 Å². The van der Waals surface area contributed by atoms with Gasteiger partial charge in [-0.1, -0.05) is 30.4 Å². The Balaban J connectivity index is 1.31. The van der Waals surface area contributed by atoms with Crippen molar-refractivity contribution in [2.75, 3.05) is 25.5 Å². The molecule has 8 heteroatoms. The molecular formula is C30H34N4O4. The van der Waals surface area contributed by atoms with Gasteiger partial charge < -0.3 is 24.7 Å². The molecule has 3 aromatic rings. The van der Waals surface area contributed by atoms with Gasteiger partial charge in [0.15, 0.2) is 11.5 Å². The maximum absolute atomic E-state index is 13.6. The van der Waals surface area contributed by atoms with E-state index in [4.69, 9.17) is 4.74 Å². The number of hydrogen-bond donors (Lipinski definition) is 2. The maximum atomic E-state index is 13.6. The smallest absolute Gasteiger partial charge is 0.295 e. The summed E-state index contributed by atoms with van der Waals surface area (Å²) < 4.78 is 10.00. The lowest BCUT2D eigenvalue weighted by molar-refractivity contribution is -0.0453. The molecule has 2 N–H and O–H groups in total. The Hall–Kier alpha value is -3.49. The highest BCUT2D eigenvalue weighted by molar-refractivity contribution is 5.65. The molecular weight excluding hydrogens is 480 g/mol. The highest BCUT2D eigenvalue weighted by Gasteiger charge is 2.64. The Bertz CT molecular complexity index is 1540. The number of phenols is 1. The monoisotopic (exact) mass is 514 g/mol. The third-order valence-electron chi connectivity index (χ3n) is 9.66. The first kappa shape index (κ1) is 23.6. The third kappa shape index (κ3) is 2.90. The molecule has 0 saturated carbocycles. The van der Waals surface area contributed by atoms with Crippen LogP contribution in [0.25, 0.3) is 5.69 Å². The lowest BCUT2D eigenvalue weighted by atomic mass is 9.53. The molecule has 1 spiro atoms. The Morgan fingerprint density at radius 2 is 1.95 bits per heavy atom. The molecule has 2 aliphatic carbocycles. The Labute approximate surface area is 222 Å². The van der Waals surface area contributed by atoms with Gasteiger partial charge in [0.2, 0.25) is 0 Å². The number of aromatic hydroxyl groups is 1. The molecule has 3 heterocycles. The molecule has 2 aliphatic heterocycles. The number of aromatic nitrogens is 2. The van der Waals surface area contributed by atoms with Crippen LogP contribution in [0.4, 0.5) is 5.69 Å². The van der Waals surface area contributed by atoms with E-state index >= 15 is 0 Å². The van der Waals surface area contributed by atoms with Crippen LogP contribution in [0.2, 0.25) is 0 Å². The predicted octanol–water partition coefficient (Wildman–Crippen LogP) is 2.63. The molecule has 1 aromatic heterocycles. The minimum Gasteiger partial charge on any atom is -0.504 e. The van der Waals surface area contributed by atoms with Gasteiger partial charge in [-0.25, -0.2) is 4.68 Å². The van der Waals surface area contributed by atoms with Gasteiger partial charge >= 0.3 is 0 Å². The largest absolute Gasteiger partial charge is 0.504 e. The fourth-order valence-electron chi connectivity index (χ4n) is 7.82. The molecule has 7 rings (SSSR count). The second-order valence-electron chi connectivity index (χ2n) is 11.5. The van der Waals surface area contributed by atoms with Gasteiger partial charge in [0.1, 0.15) is 17.9 Å². The number of piperidine rings is 1. The molecule has 1 fully saturated rings. The second-order valence-corrected chi connectivity index (χ2v) is 11.5. The second kappa shape index (κ2) is 8.01. The van der Waals surface area contributed by atoms with E-state index in [9.17, 15) is 15.0 Å². The van der Waals surface area contributed by atoms with Crippen LogP contribution >= 0.6 is 0 Å². The first-order valence-electron chi connectivity index (χ1n) is 13.4. The number of likely N-dealkylation sites (tertiary alicyclic amines) is 1. The van der Waals surface area contributed by atoms with E-state index in [1.165, 1.54) is 5.56 Å². The number of anilines is 1. The van der Waals surface area contributed by atoms with Crippen molar-refractivity contribution in [3.63, 3.8) is 0 Å². The minimum atomic E-state index is -0.706. The molecule has 4 aliphatic rings. The summed E-state index contributed by atoms with van der Waals surface area (Å²) in [6, 6.07) is 12.0. The maximum Gasteiger partial charge on any atom is 0.295 e. The van der Waals surface area contributed by atoms with Crippen molar-refractivity contribution in [2.45, 2.75) is 50.0 Å². The van der Waals surface area contributed by atoms with E-state index in [0.29, 0.717) is 24.0 Å². The summed E-state index contributed by atoms with van der Waals surface area (Å²) in [5.74, 6) is 0.901. The highest BCUT2D eigenvalue weighted by atomic mass is 16.5. The van der Waals surface area contributed by atoms with E-state index in [-0.39, 0.29) is 22.6 Å². The Morgan fingerprint density at radius 3 is 2.71 bits per heavy atom. The Kier molecular flexibility index (Phi) is 4.98. The number of phenolic OH excluding ortho intramolecular Hbond substituents is 1. The van der Waals surface area contributed by atoms with Crippen molar-refractivity contribution < 1.29 is 14.9 Å². The SMILES string of the molecule is Cc1c(N(C)Cc2cc3c4c(c2O)OC2C(O)C=CC5C(C3)N(C)CCC452)c(=O)n(-c2ccccc2)n1C. The van der Waals surface area contributed by atoms with E-state index in [1.807, 2.05) is 67.0 Å². The molecule has 5 atom stereocenters. The van der Waals surface area contributed by atoms with Gasteiger partial charge in [-0.3, -0.25) is 9.48 Å². The third-order valence-corrected chi connectivity index (χ3v) is 9.66. The van der Waals surface area contributed by atoms with E-state index < -0.39 is 12.2 Å². The lowest BCUT2D eigenvalue weighted by Gasteiger charge is -2.56. The summed E-state index contributed by atoms with van der Waals surface area (Å²) in [6.45, 7) is 3.23. The van der Waals surface area contributed by atoms with Gasteiger partial charge in [-0.05, 0) is 57.1 Å². The van der Waals surface area contributed by atoms with Crippen LogP contribution in [-0.2, 0) is 25.4 Å². The van der Waals surface area contributed by atoms with Crippen LogP contribution in [-0.4, -0.2) is 63.4 Å². The lowest BCUT2D eigenvalue weighted by Crippen LogP contribution is -2.64. The van der Waals surface area contributed by atoms with Crippen LogP contribution in [0.15, 0.2) is 53.3 Å². The fraction of sp³-hybridized carbons (Fsp3) is 0.433. The molecule has 2 aromatic carbocycles. The number of para-hydroxylation sites is 1. The fourth-order valence-corrected chi connectivity index (χ4v) is 7.82. The number of rotatable bonds is 4. The van der Waals surface area contributed by atoms with E-state index in [1.54, 1.807) is 4.68 Å². The number of benzene rings is 2. The van der Waals surface area contributed by atoms with E-state index in [0.717, 1.165) is 41.9 Å². The van der Waals surface area contributed by atoms with Crippen molar-refractivity contribution >= 4 is 5.69 Å². The summed E-state index contributed by atoms with van der Waals surface area (Å²) in [5, 5.41) is 22.5. The first-order chi connectivity index (χ1) is 18.2. The number of nitrogens with zero attached hydrogens (tertiary/aromatic N) is 4. The average molecular weight is 515 g/mol. The molecule has 0 amide bonds. The predicted molar refractivity (Wildman–Crippen MR) is 145 cm³/mol. The zero-order chi connectivity index (χ0) is 26.5. The molecule has 5 unspecified atom stereocenters. The standard InChI is InChI=1S/C30H34N4O4/c1-17-25(29(37)34(33(17)4)20-8-6-5-7-9-20)32(3)16-19-14-18-15-22-21-10-11-23(35)28-30(21,12-13-31(22)2)24(18)27(38-28)26(19)36/h5-11,14,21-23,28,35-36H,12-13,15-16H2,1-4H3. The van der Waals surface area contributed by atoms with Crippen LogP contribution in [0.5, 0.6) is 11.5 Å². The van der Waals surface area contributed by atoms with Gasteiger partial charge in [0.25, 0.3) is 5.56 Å².